The van der Waals surface area contributed by atoms with Gasteiger partial charge in [0.25, 0.3) is 5.56 Å². The summed E-state index contributed by atoms with van der Waals surface area (Å²) in [4.78, 5) is 38.7. The van der Waals surface area contributed by atoms with Gasteiger partial charge in [-0.1, -0.05) is 20.8 Å². The number of hydrogen-bond donors (Lipinski definition) is 3. The number of carbonyl (C=O) groups excluding carboxylic acids is 1. The van der Waals surface area contributed by atoms with E-state index in [0.29, 0.717) is 25.0 Å². The summed E-state index contributed by atoms with van der Waals surface area (Å²) in [7, 11) is -2.20. The Balaban J connectivity index is 1.86. The first-order valence-electron chi connectivity index (χ1n) is 10.4. The van der Waals surface area contributed by atoms with E-state index < -0.39 is 43.2 Å². The number of aliphatic hydroxyl groups excluding tert-OH is 1. The van der Waals surface area contributed by atoms with Crippen LogP contribution in [0.25, 0.3) is 0 Å². The molecule has 1 aliphatic heterocycles. The molecule has 0 spiro atoms. The molecule has 30 heavy (non-hydrogen) atoms. The van der Waals surface area contributed by atoms with Crippen LogP contribution in [0, 0.1) is 6.92 Å². The molecule has 3 N–H and O–H groups in total. The molecule has 1 saturated heterocycles. The summed E-state index contributed by atoms with van der Waals surface area (Å²) in [5, 5.41) is 13.8. The van der Waals surface area contributed by atoms with Crippen LogP contribution in [0.2, 0.25) is 18.1 Å². The number of amides is 1. The molecule has 168 valence electrons. The number of rotatable bonds is 5. The Kier molecular flexibility index (Phi) is 5.91. The molecule has 9 nitrogen and oxygen atoms in total. The van der Waals surface area contributed by atoms with Gasteiger partial charge in [-0.2, -0.15) is 0 Å². The van der Waals surface area contributed by atoms with Crippen molar-refractivity contribution in [3.8, 4) is 0 Å². The van der Waals surface area contributed by atoms with Gasteiger partial charge in [-0.25, -0.2) is 4.79 Å². The Morgan fingerprint density at radius 1 is 1.43 bits per heavy atom. The smallest absolute Gasteiger partial charge is 0.328 e. The summed E-state index contributed by atoms with van der Waals surface area (Å²) in [6.07, 6.45) is 0.617. The standard InChI is InChI=1S/C20H33N3O6Si/c1-12-10-23(18(27)21-17(12)26)11-15(25)22-20-7-8-28-13(9-14(20)24)16(20)29-30(5,6)19(2,3)4/h10,13-14,16,24H,7-9,11H2,1-6H3,(H,22,25)(H,21,26,27). The van der Waals surface area contributed by atoms with Crippen LogP contribution < -0.4 is 16.6 Å². The summed E-state index contributed by atoms with van der Waals surface area (Å²) in [5.74, 6) is -0.422. The van der Waals surface area contributed by atoms with Crippen molar-refractivity contribution in [2.75, 3.05) is 6.61 Å². The maximum Gasteiger partial charge on any atom is 0.328 e. The largest absolute Gasteiger partial charge is 0.409 e. The van der Waals surface area contributed by atoms with Crippen molar-refractivity contribution in [3.63, 3.8) is 0 Å². The fourth-order valence-corrected chi connectivity index (χ4v) is 5.35. The molecule has 1 aromatic heterocycles. The molecular formula is C20H33N3O6Si. The van der Waals surface area contributed by atoms with Gasteiger partial charge in [0.1, 0.15) is 6.54 Å². The number of aliphatic hydroxyl groups is 1. The molecular weight excluding hydrogens is 406 g/mol. The first-order valence-corrected chi connectivity index (χ1v) is 13.3. The minimum Gasteiger partial charge on any atom is -0.409 e. The van der Waals surface area contributed by atoms with Gasteiger partial charge in [0.2, 0.25) is 5.91 Å². The second-order valence-electron chi connectivity index (χ2n) is 10.00. The third-order valence-corrected chi connectivity index (χ3v) is 11.3. The van der Waals surface area contributed by atoms with Crippen LogP contribution in [0.15, 0.2) is 15.8 Å². The first-order chi connectivity index (χ1) is 13.8. The summed E-state index contributed by atoms with van der Waals surface area (Å²) in [6.45, 7) is 12.4. The minimum atomic E-state index is -2.20. The Morgan fingerprint density at radius 2 is 2.10 bits per heavy atom. The van der Waals surface area contributed by atoms with Crippen molar-refractivity contribution >= 4 is 14.2 Å². The number of carbonyl (C=O) groups is 1. The van der Waals surface area contributed by atoms with Crippen LogP contribution in [-0.4, -0.2) is 59.3 Å². The van der Waals surface area contributed by atoms with E-state index in [2.05, 4.69) is 44.2 Å². The van der Waals surface area contributed by atoms with Gasteiger partial charge in [0.05, 0.1) is 23.9 Å². The zero-order chi connectivity index (χ0) is 22.5. The maximum absolute atomic E-state index is 12.9. The van der Waals surface area contributed by atoms with Gasteiger partial charge in [0.15, 0.2) is 8.32 Å². The van der Waals surface area contributed by atoms with Crippen LogP contribution in [0.4, 0.5) is 0 Å². The summed E-state index contributed by atoms with van der Waals surface area (Å²) < 4.78 is 13.7. The molecule has 2 fully saturated rings. The number of aryl methyl sites for hydroxylation is 1. The lowest BCUT2D eigenvalue weighted by atomic mass is 9.87. The van der Waals surface area contributed by atoms with Crippen molar-refractivity contribution in [2.24, 2.45) is 0 Å². The van der Waals surface area contributed by atoms with Crippen LogP contribution in [0.1, 0.15) is 39.2 Å². The van der Waals surface area contributed by atoms with Crippen LogP contribution in [0.3, 0.4) is 0 Å². The van der Waals surface area contributed by atoms with E-state index in [1.165, 1.54) is 6.20 Å². The van der Waals surface area contributed by atoms with Gasteiger partial charge < -0.3 is 19.6 Å². The molecule has 4 unspecified atom stereocenters. The number of H-pyrrole nitrogens is 1. The summed E-state index contributed by atoms with van der Waals surface area (Å²) in [5.41, 5.74) is -1.75. The van der Waals surface area contributed by atoms with Gasteiger partial charge >= 0.3 is 5.69 Å². The normalized spacial score (nSPS) is 29.1. The van der Waals surface area contributed by atoms with Crippen molar-refractivity contribution in [1.29, 1.82) is 0 Å². The van der Waals surface area contributed by atoms with Crippen molar-refractivity contribution in [3.05, 3.63) is 32.6 Å². The van der Waals surface area contributed by atoms with E-state index >= 15 is 0 Å². The van der Waals surface area contributed by atoms with Gasteiger partial charge in [-0.05, 0) is 31.5 Å². The molecule has 2 bridgehead atoms. The molecule has 1 aliphatic carbocycles. The number of hydrogen-bond acceptors (Lipinski definition) is 6. The summed E-state index contributed by atoms with van der Waals surface area (Å²) in [6, 6.07) is 0. The fraction of sp³-hybridized carbons (Fsp3) is 0.750. The van der Waals surface area contributed by atoms with Crippen LogP contribution >= 0.6 is 0 Å². The predicted molar refractivity (Wildman–Crippen MR) is 114 cm³/mol. The second-order valence-corrected chi connectivity index (χ2v) is 14.8. The van der Waals surface area contributed by atoms with Crippen LogP contribution in [0.5, 0.6) is 0 Å². The second kappa shape index (κ2) is 7.74. The lowest BCUT2D eigenvalue weighted by Gasteiger charge is -2.48. The molecule has 1 aromatic rings. The number of ether oxygens (including phenoxy) is 1. The highest BCUT2D eigenvalue weighted by Gasteiger charge is 2.61. The quantitative estimate of drug-likeness (QED) is 0.579. The molecule has 0 radical (unpaired) electrons. The highest BCUT2D eigenvalue weighted by molar-refractivity contribution is 6.74. The summed E-state index contributed by atoms with van der Waals surface area (Å²) >= 11 is 0. The van der Waals surface area contributed by atoms with Crippen molar-refractivity contribution in [2.45, 2.75) is 89.1 Å². The number of aromatic nitrogens is 2. The third-order valence-electron chi connectivity index (χ3n) is 6.85. The molecule has 1 amide bonds. The van der Waals surface area contributed by atoms with Gasteiger partial charge in [0, 0.05) is 24.8 Å². The number of aromatic amines is 1. The molecule has 2 heterocycles. The fourth-order valence-electron chi connectivity index (χ4n) is 4.00. The SMILES string of the molecule is Cc1cn(CC(=O)NC23CCOC(CC2O)C3O[Si](C)(C)C(C)(C)C)c(=O)[nH]c1=O. The van der Waals surface area contributed by atoms with E-state index in [1.807, 2.05) is 0 Å². The Labute approximate surface area is 176 Å². The van der Waals surface area contributed by atoms with E-state index in [9.17, 15) is 19.5 Å². The molecule has 2 aliphatic rings. The average molecular weight is 440 g/mol. The molecule has 1 saturated carbocycles. The zero-order valence-electron chi connectivity index (χ0n) is 18.6. The Hall–Kier alpha value is -1.75. The Morgan fingerprint density at radius 3 is 2.73 bits per heavy atom. The van der Waals surface area contributed by atoms with E-state index in [0.717, 1.165) is 4.57 Å². The highest BCUT2D eigenvalue weighted by atomic mass is 28.4. The predicted octanol–water partition coefficient (Wildman–Crippen LogP) is 0.644. The van der Waals surface area contributed by atoms with E-state index in [1.54, 1.807) is 6.92 Å². The topological polar surface area (TPSA) is 123 Å². The van der Waals surface area contributed by atoms with Gasteiger partial charge in [-0.3, -0.25) is 19.1 Å². The average Bonchev–Trinajstić information content (AvgIpc) is 2.74. The lowest BCUT2D eigenvalue weighted by molar-refractivity contribution is -0.133. The Bertz CT molecular complexity index is 934. The molecule has 4 atom stereocenters. The zero-order valence-corrected chi connectivity index (χ0v) is 19.6. The number of nitrogens with one attached hydrogen (secondary N) is 2. The van der Waals surface area contributed by atoms with Crippen molar-refractivity contribution < 1.29 is 19.1 Å². The minimum absolute atomic E-state index is 0.0409. The molecule has 3 rings (SSSR count). The lowest BCUT2D eigenvalue weighted by Crippen LogP contribution is -2.67. The van der Waals surface area contributed by atoms with Crippen molar-refractivity contribution in [1.82, 2.24) is 14.9 Å². The van der Waals surface area contributed by atoms with E-state index in [-0.39, 0.29) is 17.7 Å². The molecule has 10 heteroatoms. The maximum atomic E-state index is 12.9. The number of nitrogens with zero attached hydrogens (tertiary/aromatic N) is 1. The van der Waals surface area contributed by atoms with Gasteiger partial charge in [-0.15, -0.1) is 0 Å². The third kappa shape index (κ3) is 4.05. The van der Waals surface area contributed by atoms with E-state index in [4.69, 9.17) is 9.16 Å². The molecule has 0 aromatic carbocycles. The highest BCUT2D eigenvalue weighted by Crippen LogP contribution is 2.46. The van der Waals surface area contributed by atoms with Crippen LogP contribution in [-0.2, 0) is 20.5 Å². The monoisotopic (exact) mass is 439 g/mol. The first kappa shape index (κ1) is 22.9. The number of fused-ring (bicyclic) bond motifs is 2.